The summed E-state index contributed by atoms with van der Waals surface area (Å²) >= 11 is 6.32. The van der Waals surface area contributed by atoms with Crippen LogP contribution in [-0.4, -0.2) is 37.0 Å². The zero-order chi connectivity index (χ0) is 17.5. The molecule has 24 heavy (non-hydrogen) atoms. The van der Waals surface area contributed by atoms with Crippen molar-refractivity contribution in [2.45, 2.75) is 33.6 Å². The van der Waals surface area contributed by atoms with Gasteiger partial charge in [-0.25, -0.2) is 0 Å². The number of rotatable bonds is 8. The molecule has 0 aromatic heterocycles. The first-order valence-electron chi connectivity index (χ1n) is 8.82. The van der Waals surface area contributed by atoms with Crippen LogP contribution < -0.4 is 4.90 Å². The molecule has 130 valence electrons. The summed E-state index contributed by atoms with van der Waals surface area (Å²) in [5.41, 5.74) is 0.960. The van der Waals surface area contributed by atoms with E-state index in [4.69, 9.17) is 11.6 Å². The van der Waals surface area contributed by atoms with Crippen LogP contribution in [-0.2, 0) is 4.79 Å². The Morgan fingerprint density at radius 2 is 1.62 bits per heavy atom. The van der Waals surface area contributed by atoms with Crippen molar-refractivity contribution < 1.29 is 4.79 Å². The van der Waals surface area contributed by atoms with Gasteiger partial charge in [-0.1, -0.05) is 56.6 Å². The molecule has 4 heteroatoms. The first-order valence-corrected chi connectivity index (χ1v) is 9.20. The Kier molecular flexibility index (Phi) is 7.07. The molecule has 0 aliphatic carbocycles. The first kappa shape index (κ1) is 18.8. The van der Waals surface area contributed by atoms with Gasteiger partial charge in [0.15, 0.2) is 0 Å². The Morgan fingerprint density at radius 1 is 0.958 bits per heavy atom. The Bertz CT molecular complexity index is 682. The average Bonchev–Trinajstić information content (AvgIpc) is 2.63. The summed E-state index contributed by atoms with van der Waals surface area (Å²) in [6.07, 6.45) is 1.46. The lowest BCUT2D eigenvalue weighted by Crippen LogP contribution is -2.34. The van der Waals surface area contributed by atoms with Crippen molar-refractivity contribution in [3.05, 3.63) is 41.4 Å². The van der Waals surface area contributed by atoms with Crippen LogP contribution in [0.2, 0.25) is 5.02 Å². The number of amides is 1. The lowest BCUT2D eigenvalue weighted by molar-refractivity contribution is -0.118. The van der Waals surface area contributed by atoms with Crippen molar-refractivity contribution in [2.75, 3.05) is 31.1 Å². The van der Waals surface area contributed by atoms with E-state index in [0.717, 1.165) is 54.1 Å². The molecule has 0 fully saturated rings. The number of hydrogen-bond donors (Lipinski definition) is 0. The van der Waals surface area contributed by atoms with E-state index in [-0.39, 0.29) is 5.91 Å². The van der Waals surface area contributed by atoms with Crippen LogP contribution in [0.25, 0.3) is 10.8 Å². The van der Waals surface area contributed by atoms with Gasteiger partial charge in [-0.05, 0) is 38.2 Å². The molecule has 0 saturated carbocycles. The van der Waals surface area contributed by atoms with Crippen LogP contribution in [0.5, 0.6) is 0 Å². The summed E-state index contributed by atoms with van der Waals surface area (Å²) in [6, 6.07) is 11.9. The molecule has 2 rings (SSSR count). The number of nitrogens with zero attached hydrogens (tertiary/aromatic N) is 2. The molecule has 2 aromatic rings. The van der Waals surface area contributed by atoms with Gasteiger partial charge >= 0.3 is 0 Å². The highest BCUT2D eigenvalue weighted by Crippen LogP contribution is 2.32. The number of carbonyl (C=O) groups is 1. The number of hydrogen-bond acceptors (Lipinski definition) is 2. The fraction of sp³-hybridized carbons (Fsp3) is 0.450. The van der Waals surface area contributed by atoms with E-state index >= 15 is 0 Å². The third kappa shape index (κ3) is 4.28. The lowest BCUT2D eigenvalue weighted by atomic mass is 10.1. The van der Waals surface area contributed by atoms with Gasteiger partial charge in [0.25, 0.3) is 0 Å². The summed E-state index contributed by atoms with van der Waals surface area (Å²) in [5, 5.41) is 2.75. The molecule has 1 amide bonds. The van der Waals surface area contributed by atoms with E-state index < -0.39 is 0 Å². The first-order chi connectivity index (χ1) is 11.6. The van der Waals surface area contributed by atoms with Crippen LogP contribution >= 0.6 is 11.6 Å². The number of carbonyl (C=O) groups excluding carboxylic acids is 1. The quantitative estimate of drug-likeness (QED) is 0.673. The topological polar surface area (TPSA) is 23.6 Å². The molecule has 0 aliphatic rings. The van der Waals surface area contributed by atoms with Gasteiger partial charge in [-0.2, -0.15) is 0 Å². The van der Waals surface area contributed by atoms with Crippen molar-refractivity contribution in [3.63, 3.8) is 0 Å². The molecule has 0 aliphatic heterocycles. The van der Waals surface area contributed by atoms with Gasteiger partial charge in [0.2, 0.25) is 5.91 Å². The predicted molar refractivity (Wildman–Crippen MR) is 104 cm³/mol. The maximum atomic E-state index is 12.5. The Morgan fingerprint density at radius 3 is 2.25 bits per heavy atom. The smallest absolute Gasteiger partial charge is 0.226 e. The molecular weight excluding hydrogens is 320 g/mol. The largest absolute Gasteiger partial charge is 0.312 e. The van der Waals surface area contributed by atoms with Crippen LogP contribution in [0.3, 0.4) is 0 Å². The third-order valence-electron chi connectivity index (χ3n) is 4.49. The average molecular weight is 347 g/mol. The highest BCUT2D eigenvalue weighted by atomic mass is 35.5. The van der Waals surface area contributed by atoms with Gasteiger partial charge in [-0.3, -0.25) is 4.79 Å². The summed E-state index contributed by atoms with van der Waals surface area (Å²) < 4.78 is 0. The number of fused-ring (bicyclic) bond motifs is 1. The molecule has 0 bridgehead atoms. The Labute approximate surface area is 150 Å². The maximum absolute atomic E-state index is 12.5. The summed E-state index contributed by atoms with van der Waals surface area (Å²) in [6.45, 7) is 10.1. The zero-order valence-electron chi connectivity index (χ0n) is 14.9. The molecule has 0 atom stereocenters. The van der Waals surface area contributed by atoms with Crippen molar-refractivity contribution in [1.29, 1.82) is 0 Å². The van der Waals surface area contributed by atoms with Crippen LogP contribution in [0.1, 0.15) is 33.6 Å². The molecular formula is C20H27ClN2O. The second-order valence-electron chi connectivity index (χ2n) is 5.89. The minimum Gasteiger partial charge on any atom is -0.312 e. The summed E-state index contributed by atoms with van der Waals surface area (Å²) in [4.78, 5) is 16.8. The molecule has 0 N–H and O–H groups in total. The van der Waals surface area contributed by atoms with E-state index in [9.17, 15) is 4.79 Å². The van der Waals surface area contributed by atoms with E-state index in [0.29, 0.717) is 6.42 Å². The molecule has 3 nitrogen and oxygen atoms in total. The number of anilines is 1. The molecule has 2 aromatic carbocycles. The fourth-order valence-electron chi connectivity index (χ4n) is 3.04. The van der Waals surface area contributed by atoms with Gasteiger partial charge in [0.05, 0.1) is 5.69 Å². The second-order valence-corrected chi connectivity index (χ2v) is 6.30. The Hall–Kier alpha value is -1.58. The molecule has 0 radical (unpaired) electrons. The normalized spacial score (nSPS) is 11.2. The van der Waals surface area contributed by atoms with Crippen LogP contribution in [0.15, 0.2) is 36.4 Å². The van der Waals surface area contributed by atoms with Crippen LogP contribution in [0.4, 0.5) is 5.69 Å². The Balaban J connectivity index is 2.29. The minimum absolute atomic E-state index is 0.155. The van der Waals surface area contributed by atoms with Gasteiger partial charge in [0, 0.05) is 28.8 Å². The second kappa shape index (κ2) is 9.05. The van der Waals surface area contributed by atoms with Crippen molar-refractivity contribution in [1.82, 2.24) is 4.90 Å². The predicted octanol–water partition coefficient (Wildman–Crippen LogP) is 4.97. The lowest BCUT2D eigenvalue weighted by Gasteiger charge is -2.26. The summed E-state index contributed by atoms with van der Waals surface area (Å²) in [7, 11) is 0. The van der Waals surface area contributed by atoms with Gasteiger partial charge in [-0.15, -0.1) is 0 Å². The summed E-state index contributed by atoms with van der Waals surface area (Å²) in [5.74, 6) is 0.155. The van der Waals surface area contributed by atoms with Crippen molar-refractivity contribution in [3.8, 4) is 0 Å². The van der Waals surface area contributed by atoms with E-state index in [1.54, 1.807) is 0 Å². The van der Waals surface area contributed by atoms with Crippen molar-refractivity contribution in [2.24, 2.45) is 0 Å². The highest BCUT2D eigenvalue weighted by Gasteiger charge is 2.17. The zero-order valence-corrected chi connectivity index (χ0v) is 15.6. The van der Waals surface area contributed by atoms with Gasteiger partial charge < -0.3 is 9.80 Å². The SMILES string of the molecule is CCC(=O)N(CCCN(CC)CC)c1ccc(Cl)c2ccccc12. The number of halogens is 1. The number of benzene rings is 2. The molecule has 0 spiro atoms. The third-order valence-corrected chi connectivity index (χ3v) is 4.82. The molecule has 0 unspecified atom stereocenters. The van der Waals surface area contributed by atoms with E-state index in [1.807, 2.05) is 48.2 Å². The fourth-order valence-corrected chi connectivity index (χ4v) is 3.27. The standard InChI is InChI=1S/C20H27ClN2O/c1-4-20(24)23(15-9-14-22(5-2)6-3)19-13-12-18(21)16-10-7-8-11-17(16)19/h7-8,10-13H,4-6,9,14-15H2,1-3H3. The highest BCUT2D eigenvalue weighted by molar-refractivity contribution is 6.36. The van der Waals surface area contributed by atoms with Crippen molar-refractivity contribution >= 4 is 34.0 Å². The minimum atomic E-state index is 0.155. The monoisotopic (exact) mass is 346 g/mol. The maximum Gasteiger partial charge on any atom is 0.226 e. The van der Waals surface area contributed by atoms with E-state index in [1.165, 1.54) is 0 Å². The van der Waals surface area contributed by atoms with E-state index in [2.05, 4.69) is 18.7 Å². The van der Waals surface area contributed by atoms with Gasteiger partial charge in [0.1, 0.15) is 0 Å². The van der Waals surface area contributed by atoms with Crippen LogP contribution in [0, 0.1) is 0 Å². The molecule has 0 saturated heterocycles. The molecule has 0 heterocycles.